The largest absolute Gasteiger partial charge is 0.0527 e. The summed E-state index contributed by atoms with van der Waals surface area (Å²) < 4.78 is 0. The zero-order chi connectivity index (χ0) is 7.97. The molecular formula is C12H19. The van der Waals surface area contributed by atoms with Crippen LogP contribution >= 0.6 is 0 Å². The summed E-state index contributed by atoms with van der Waals surface area (Å²) in [6, 6.07) is 0. The van der Waals surface area contributed by atoms with Crippen LogP contribution in [0.5, 0.6) is 0 Å². The molecule has 0 aromatic rings. The molecule has 3 aliphatic rings. The maximum absolute atomic E-state index is 2.75. The third-order valence-electron chi connectivity index (χ3n) is 4.54. The Kier molecular flexibility index (Phi) is 1.70. The van der Waals surface area contributed by atoms with Crippen molar-refractivity contribution in [3.8, 4) is 0 Å². The van der Waals surface area contributed by atoms with Gasteiger partial charge in [0.1, 0.15) is 0 Å². The van der Waals surface area contributed by atoms with Gasteiger partial charge < -0.3 is 0 Å². The number of hydrogen-bond donors (Lipinski definition) is 0. The van der Waals surface area contributed by atoms with Crippen molar-refractivity contribution in [3.63, 3.8) is 0 Å². The van der Waals surface area contributed by atoms with Crippen molar-refractivity contribution < 1.29 is 0 Å². The summed E-state index contributed by atoms with van der Waals surface area (Å²) in [7, 11) is 0. The Morgan fingerprint density at radius 1 is 0.750 bits per heavy atom. The second kappa shape index (κ2) is 2.75. The van der Waals surface area contributed by atoms with E-state index in [4.69, 9.17) is 0 Å². The van der Waals surface area contributed by atoms with Crippen molar-refractivity contribution >= 4 is 0 Å². The lowest BCUT2D eigenvalue weighted by atomic mass is 9.71. The van der Waals surface area contributed by atoms with Crippen LogP contribution in [-0.4, -0.2) is 0 Å². The first-order chi connectivity index (χ1) is 5.93. The Labute approximate surface area is 75.7 Å². The molecule has 0 nitrogen and oxygen atoms in total. The Morgan fingerprint density at radius 2 is 1.33 bits per heavy atom. The zero-order valence-corrected chi connectivity index (χ0v) is 7.84. The highest BCUT2D eigenvalue weighted by Crippen LogP contribution is 2.51. The minimum absolute atomic E-state index is 1.05. The average Bonchev–Trinajstić information content (AvgIpc) is 2.64. The van der Waals surface area contributed by atoms with Crippen molar-refractivity contribution in [1.29, 1.82) is 0 Å². The van der Waals surface area contributed by atoms with Crippen molar-refractivity contribution in [2.45, 2.75) is 44.9 Å². The summed E-state index contributed by atoms with van der Waals surface area (Å²) in [5.41, 5.74) is 0. The van der Waals surface area contributed by atoms with Gasteiger partial charge in [-0.15, -0.1) is 0 Å². The fourth-order valence-electron chi connectivity index (χ4n) is 3.93. The lowest BCUT2D eigenvalue weighted by Crippen LogP contribution is -2.26. The van der Waals surface area contributed by atoms with Gasteiger partial charge in [-0.1, -0.05) is 25.7 Å². The molecule has 0 amide bonds. The van der Waals surface area contributed by atoms with Crippen LogP contribution in [0.3, 0.4) is 0 Å². The molecule has 4 unspecified atom stereocenters. The van der Waals surface area contributed by atoms with Crippen LogP contribution in [0.15, 0.2) is 0 Å². The molecule has 0 spiro atoms. The first-order valence-corrected chi connectivity index (χ1v) is 5.78. The van der Waals surface area contributed by atoms with E-state index in [0.717, 1.165) is 23.7 Å². The second-order valence-corrected chi connectivity index (χ2v) is 5.14. The van der Waals surface area contributed by atoms with Crippen LogP contribution in [0, 0.1) is 30.1 Å². The van der Waals surface area contributed by atoms with Crippen molar-refractivity contribution in [2.24, 2.45) is 23.7 Å². The highest BCUT2D eigenvalue weighted by Gasteiger charge is 2.41. The smallest absolute Gasteiger partial charge is 0.0318 e. The maximum atomic E-state index is 2.75. The van der Waals surface area contributed by atoms with Gasteiger partial charge in [0, 0.05) is 0 Å². The second-order valence-electron chi connectivity index (χ2n) is 5.14. The molecule has 3 fully saturated rings. The summed E-state index contributed by atoms with van der Waals surface area (Å²) in [5, 5.41) is 0. The Hall–Kier alpha value is 0. The molecule has 0 heteroatoms. The molecular weight excluding hydrogens is 144 g/mol. The number of hydrogen-bond acceptors (Lipinski definition) is 0. The summed E-state index contributed by atoms with van der Waals surface area (Å²) in [6.07, 6.45) is 13.5. The quantitative estimate of drug-likeness (QED) is 0.513. The van der Waals surface area contributed by atoms with Gasteiger partial charge in [0.05, 0.1) is 0 Å². The Morgan fingerprint density at radius 3 is 1.92 bits per heavy atom. The van der Waals surface area contributed by atoms with Gasteiger partial charge in [-0.05, 0) is 49.4 Å². The molecule has 0 bridgehead atoms. The van der Waals surface area contributed by atoms with Crippen LogP contribution in [-0.2, 0) is 0 Å². The monoisotopic (exact) mass is 163 g/mol. The highest BCUT2D eigenvalue weighted by molar-refractivity contribution is 5.01. The lowest BCUT2D eigenvalue weighted by molar-refractivity contribution is 0.221. The van der Waals surface area contributed by atoms with E-state index in [2.05, 4.69) is 6.42 Å². The first-order valence-electron chi connectivity index (χ1n) is 5.78. The SMILES string of the molecule is [CH]1C2CCCC2CC2CCCC12. The molecule has 0 aliphatic heterocycles. The molecule has 0 aromatic heterocycles. The average molecular weight is 163 g/mol. The van der Waals surface area contributed by atoms with Gasteiger partial charge in [-0.3, -0.25) is 0 Å². The van der Waals surface area contributed by atoms with Crippen molar-refractivity contribution in [2.75, 3.05) is 0 Å². The molecule has 4 atom stereocenters. The fraction of sp³-hybridized carbons (Fsp3) is 0.917. The van der Waals surface area contributed by atoms with Crippen LogP contribution in [0.4, 0.5) is 0 Å². The summed E-state index contributed by atoms with van der Waals surface area (Å²) in [5.74, 6) is 4.32. The van der Waals surface area contributed by atoms with Crippen molar-refractivity contribution in [3.05, 3.63) is 6.42 Å². The van der Waals surface area contributed by atoms with Gasteiger partial charge in [0.25, 0.3) is 0 Å². The standard InChI is InChI=1S/C12H19/c1-3-9-7-11-5-2-6-12(11)8-10(9)4-1/h7,9-12H,1-6,8H2. The predicted octanol–water partition coefficient (Wildman–Crippen LogP) is 3.43. The predicted molar refractivity (Wildman–Crippen MR) is 50.6 cm³/mol. The topological polar surface area (TPSA) is 0 Å². The zero-order valence-electron chi connectivity index (χ0n) is 7.84. The third kappa shape index (κ3) is 1.03. The van der Waals surface area contributed by atoms with E-state index < -0.39 is 0 Å². The molecule has 0 N–H and O–H groups in total. The van der Waals surface area contributed by atoms with E-state index in [1.807, 2.05) is 0 Å². The summed E-state index contributed by atoms with van der Waals surface area (Å²) in [4.78, 5) is 0. The van der Waals surface area contributed by atoms with Gasteiger partial charge in [0.15, 0.2) is 0 Å². The fourth-order valence-corrected chi connectivity index (χ4v) is 3.93. The molecule has 0 saturated heterocycles. The molecule has 1 radical (unpaired) electrons. The number of rotatable bonds is 0. The van der Waals surface area contributed by atoms with E-state index in [1.54, 1.807) is 19.3 Å². The molecule has 0 heterocycles. The minimum atomic E-state index is 1.05. The van der Waals surface area contributed by atoms with E-state index in [1.165, 1.54) is 25.7 Å². The van der Waals surface area contributed by atoms with E-state index in [0.29, 0.717) is 0 Å². The first kappa shape index (κ1) is 7.41. The minimum Gasteiger partial charge on any atom is -0.0527 e. The highest BCUT2D eigenvalue weighted by atomic mass is 14.5. The Bertz CT molecular complexity index is 137. The molecule has 67 valence electrons. The third-order valence-corrected chi connectivity index (χ3v) is 4.54. The molecule has 0 aromatic carbocycles. The van der Waals surface area contributed by atoms with E-state index in [9.17, 15) is 0 Å². The Balaban J connectivity index is 1.75. The number of fused-ring (bicyclic) bond motifs is 2. The normalized spacial score (nSPS) is 52.0. The lowest BCUT2D eigenvalue weighted by Gasteiger charge is -2.34. The van der Waals surface area contributed by atoms with E-state index in [-0.39, 0.29) is 0 Å². The van der Waals surface area contributed by atoms with Gasteiger partial charge in [-0.2, -0.15) is 0 Å². The molecule has 12 heavy (non-hydrogen) atoms. The molecule has 3 saturated carbocycles. The van der Waals surface area contributed by atoms with Crippen LogP contribution in [0.2, 0.25) is 0 Å². The van der Waals surface area contributed by atoms with E-state index >= 15 is 0 Å². The maximum Gasteiger partial charge on any atom is -0.0318 e. The summed E-state index contributed by atoms with van der Waals surface area (Å²) in [6.45, 7) is 0. The van der Waals surface area contributed by atoms with Crippen LogP contribution in [0.1, 0.15) is 44.9 Å². The van der Waals surface area contributed by atoms with Crippen molar-refractivity contribution in [1.82, 2.24) is 0 Å². The molecule has 3 aliphatic carbocycles. The van der Waals surface area contributed by atoms with Gasteiger partial charge in [0.2, 0.25) is 0 Å². The van der Waals surface area contributed by atoms with Gasteiger partial charge >= 0.3 is 0 Å². The van der Waals surface area contributed by atoms with Crippen LogP contribution < -0.4 is 0 Å². The van der Waals surface area contributed by atoms with Gasteiger partial charge in [-0.25, -0.2) is 0 Å². The summed E-state index contributed by atoms with van der Waals surface area (Å²) >= 11 is 0. The van der Waals surface area contributed by atoms with Crippen LogP contribution in [0.25, 0.3) is 0 Å². The molecule has 3 rings (SSSR count).